The molecule has 0 saturated carbocycles. The second-order valence-electron chi connectivity index (χ2n) is 7.27. The zero-order chi connectivity index (χ0) is 18.8. The van der Waals surface area contributed by atoms with Gasteiger partial charge in [-0.3, -0.25) is 0 Å². The highest BCUT2D eigenvalue weighted by Crippen LogP contribution is 2.38. The lowest BCUT2D eigenvalue weighted by molar-refractivity contribution is 0.508. The van der Waals surface area contributed by atoms with E-state index in [1.807, 2.05) is 11.3 Å². The summed E-state index contributed by atoms with van der Waals surface area (Å²) >= 11 is 7.19. The molecule has 0 N–H and O–H groups in total. The molecular weight excluding hydrogens is 438 g/mol. The molecule has 1 unspecified atom stereocenters. The molecule has 2 aromatic heterocycles. The Morgan fingerprint density at radius 2 is 2.07 bits per heavy atom. The third-order valence-electron chi connectivity index (χ3n) is 5.09. The molecule has 0 aliphatic heterocycles. The molecule has 4 rings (SSSR count). The minimum atomic E-state index is 0.800. The minimum absolute atomic E-state index is 0.800. The van der Waals surface area contributed by atoms with Gasteiger partial charge in [-0.15, -0.1) is 21.5 Å². The van der Waals surface area contributed by atoms with E-state index in [1.54, 1.807) is 16.6 Å². The van der Waals surface area contributed by atoms with Gasteiger partial charge in [0.1, 0.15) is 0 Å². The maximum absolute atomic E-state index is 4.62. The molecule has 0 amide bonds. The van der Waals surface area contributed by atoms with Gasteiger partial charge in [-0.2, -0.15) is 0 Å². The summed E-state index contributed by atoms with van der Waals surface area (Å²) in [4.78, 5) is 1.55. The number of thioether (sulfide) groups is 1. The first kappa shape index (κ1) is 19.2. The van der Waals surface area contributed by atoms with Crippen molar-refractivity contribution in [3.05, 3.63) is 50.1 Å². The van der Waals surface area contributed by atoms with Gasteiger partial charge in [-0.25, -0.2) is 0 Å². The number of hydrogen-bond donors (Lipinski definition) is 0. The van der Waals surface area contributed by atoms with Gasteiger partial charge in [-0.1, -0.05) is 53.7 Å². The third-order valence-corrected chi connectivity index (χ3v) is 7.71. The summed E-state index contributed by atoms with van der Waals surface area (Å²) < 4.78 is 3.44. The molecule has 0 radical (unpaired) electrons. The van der Waals surface area contributed by atoms with Crippen molar-refractivity contribution in [1.82, 2.24) is 14.8 Å². The molecule has 0 spiro atoms. The van der Waals surface area contributed by atoms with Crippen molar-refractivity contribution in [3.8, 4) is 11.4 Å². The molecule has 1 atom stereocenters. The Balaban J connectivity index is 1.60. The molecule has 1 aliphatic carbocycles. The predicted molar refractivity (Wildman–Crippen MR) is 119 cm³/mol. The summed E-state index contributed by atoms with van der Waals surface area (Å²) in [5.41, 5.74) is 4.14. The first-order valence-electron chi connectivity index (χ1n) is 9.55. The summed E-state index contributed by atoms with van der Waals surface area (Å²) in [5.74, 6) is 2.77. The van der Waals surface area contributed by atoms with Crippen LogP contribution < -0.4 is 0 Å². The molecule has 0 saturated heterocycles. The van der Waals surface area contributed by atoms with Crippen LogP contribution in [-0.2, 0) is 25.1 Å². The Kier molecular flexibility index (Phi) is 6.05. The van der Waals surface area contributed by atoms with Gasteiger partial charge in [0.15, 0.2) is 11.0 Å². The zero-order valence-corrected chi connectivity index (χ0v) is 19.0. The number of halogens is 1. The van der Waals surface area contributed by atoms with Crippen LogP contribution >= 0.6 is 39.0 Å². The molecule has 2 heterocycles. The van der Waals surface area contributed by atoms with Gasteiger partial charge in [0.2, 0.25) is 0 Å². The number of benzene rings is 1. The van der Waals surface area contributed by atoms with Crippen molar-refractivity contribution < 1.29 is 0 Å². The van der Waals surface area contributed by atoms with Gasteiger partial charge >= 0.3 is 0 Å². The SMILES string of the molecule is CCCn1c(SCc2ccc(Br)cc2)nnc1-c1csc2c1CCC(C)C2. The first-order chi connectivity index (χ1) is 13.2. The lowest BCUT2D eigenvalue weighted by atomic mass is 9.88. The lowest BCUT2D eigenvalue weighted by Crippen LogP contribution is -2.10. The summed E-state index contributed by atoms with van der Waals surface area (Å²) in [6, 6.07) is 8.51. The van der Waals surface area contributed by atoms with Crippen LogP contribution in [0.5, 0.6) is 0 Å². The van der Waals surface area contributed by atoms with Gasteiger partial charge in [0, 0.05) is 32.6 Å². The molecule has 3 aromatic rings. The van der Waals surface area contributed by atoms with Crippen LogP contribution in [0.25, 0.3) is 11.4 Å². The fourth-order valence-corrected chi connectivity index (χ4v) is 6.04. The van der Waals surface area contributed by atoms with E-state index >= 15 is 0 Å². The third kappa shape index (κ3) is 4.17. The fourth-order valence-electron chi connectivity index (χ4n) is 3.61. The van der Waals surface area contributed by atoms with Gasteiger partial charge in [0.25, 0.3) is 0 Å². The maximum atomic E-state index is 4.62. The van der Waals surface area contributed by atoms with E-state index in [0.29, 0.717) is 0 Å². The van der Waals surface area contributed by atoms with Crippen LogP contribution in [0.3, 0.4) is 0 Å². The normalized spacial score (nSPS) is 16.5. The van der Waals surface area contributed by atoms with E-state index < -0.39 is 0 Å². The highest BCUT2D eigenvalue weighted by molar-refractivity contribution is 9.10. The molecule has 1 aliphatic rings. The van der Waals surface area contributed by atoms with Crippen molar-refractivity contribution >= 4 is 39.0 Å². The number of nitrogens with zero attached hydrogens (tertiary/aromatic N) is 3. The number of hydrogen-bond acceptors (Lipinski definition) is 4. The number of rotatable bonds is 6. The van der Waals surface area contributed by atoms with Crippen molar-refractivity contribution in [3.63, 3.8) is 0 Å². The molecule has 3 nitrogen and oxygen atoms in total. The van der Waals surface area contributed by atoms with Crippen molar-refractivity contribution in [2.45, 2.75) is 57.0 Å². The Bertz CT molecular complexity index is 914. The molecule has 142 valence electrons. The van der Waals surface area contributed by atoms with Gasteiger partial charge in [-0.05, 0) is 54.9 Å². The Morgan fingerprint density at radius 1 is 1.26 bits per heavy atom. The quantitative estimate of drug-likeness (QED) is 0.387. The maximum Gasteiger partial charge on any atom is 0.191 e. The summed E-state index contributed by atoms with van der Waals surface area (Å²) in [7, 11) is 0. The number of aromatic nitrogens is 3. The predicted octanol–water partition coefficient (Wildman–Crippen LogP) is 6.60. The fraction of sp³-hybridized carbons (Fsp3) is 0.429. The Morgan fingerprint density at radius 3 is 2.85 bits per heavy atom. The Labute approximate surface area is 177 Å². The van der Waals surface area contributed by atoms with E-state index in [9.17, 15) is 0 Å². The summed E-state index contributed by atoms with van der Waals surface area (Å²) in [6.07, 6.45) is 4.76. The van der Waals surface area contributed by atoms with Crippen LogP contribution in [-0.4, -0.2) is 14.8 Å². The zero-order valence-electron chi connectivity index (χ0n) is 15.7. The van der Waals surface area contributed by atoms with E-state index in [-0.39, 0.29) is 0 Å². The first-order valence-corrected chi connectivity index (χ1v) is 12.2. The van der Waals surface area contributed by atoms with Crippen LogP contribution in [0.2, 0.25) is 0 Å². The smallest absolute Gasteiger partial charge is 0.191 e. The monoisotopic (exact) mass is 461 g/mol. The van der Waals surface area contributed by atoms with Crippen molar-refractivity contribution in [2.75, 3.05) is 0 Å². The molecule has 6 heteroatoms. The standard InChI is InChI=1S/C21H24BrN3S2/c1-3-10-25-20(18-13-26-19-11-14(2)4-9-17(18)19)23-24-21(25)27-12-15-5-7-16(22)8-6-15/h5-8,13-14H,3-4,9-12H2,1-2H3. The van der Waals surface area contributed by atoms with Gasteiger partial charge < -0.3 is 4.57 Å². The van der Waals surface area contributed by atoms with Crippen LogP contribution in [0.4, 0.5) is 0 Å². The van der Waals surface area contributed by atoms with Gasteiger partial charge in [0.05, 0.1) is 0 Å². The van der Waals surface area contributed by atoms with Crippen molar-refractivity contribution in [2.24, 2.45) is 5.92 Å². The highest BCUT2D eigenvalue weighted by atomic mass is 79.9. The number of fused-ring (bicyclic) bond motifs is 1. The average Bonchev–Trinajstić information content (AvgIpc) is 3.25. The van der Waals surface area contributed by atoms with Crippen LogP contribution in [0.1, 0.15) is 42.7 Å². The van der Waals surface area contributed by atoms with E-state index in [2.05, 4.69) is 74.2 Å². The van der Waals surface area contributed by atoms with Crippen LogP contribution in [0.15, 0.2) is 39.3 Å². The van der Waals surface area contributed by atoms with E-state index in [4.69, 9.17) is 0 Å². The van der Waals surface area contributed by atoms with Crippen LogP contribution in [0, 0.1) is 5.92 Å². The average molecular weight is 462 g/mol. The highest BCUT2D eigenvalue weighted by Gasteiger charge is 2.24. The largest absolute Gasteiger partial charge is 0.302 e. The molecule has 27 heavy (non-hydrogen) atoms. The molecule has 0 fully saturated rings. The summed E-state index contributed by atoms with van der Waals surface area (Å²) in [5, 5.41) is 12.5. The molecule has 1 aromatic carbocycles. The van der Waals surface area contributed by atoms with E-state index in [1.165, 1.54) is 36.0 Å². The minimum Gasteiger partial charge on any atom is -0.302 e. The number of thiophene rings is 1. The second-order valence-corrected chi connectivity index (χ2v) is 10.1. The van der Waals surface area contributed by atoms with Crippen molar-refractivity contribution in [1.29, 1.82) is 0 Å². The Hall–Kier alpha value is -1.11. The summed E-state index contributed by atoms with van der Waals surface area (Å²) in [6.45, 7) is 5.54. The molecule has 0 bridgehead atoms. The molecular formula is C21H24BrN3S2. The van der Waals surface area contributed by atoms with E-state index in [0.717, 1.165) is 40.1 Å². The second kappa shape index (κ2) is 8.50. The lowest BCUT2D eigenvalue weighted by Gasteiger charge is -2.19. The topological polar surface area (TPSA) is 30.7 Å².